The van der Waals surface area contributed by atoms with Gasteiger partial charge in [0.05, 0.1) is 11.6 Å². The minimum Gasteiger partial charge on any atom is -0.444 e. The van der Waals surface area contributed by atoms with Gasteiger partial charge in [-0.3, -0.25) is 0 Å². The number of nitrogens with one attached hydrogen (secondary N) is 2. The Balaban J connectivity index is 2.33. The third-order valence-corrected chi connectivity index (χ3v) is 3.11. The Labute approximate surface area is 121 Å². The number of carbonyl (C=O) groups excluding carboxylic acids is 1. The van der Waals surface area contributed by atoms with Gasteiger partial charge >= 0.3 is 6.09 Å². The summed E-state index contributed by atoms with van der Waals surface area (Å²) in [4.78, 5) is 11.7. The molecule has 0 aliphatic heterocycles. The molecule has 20 heavy (non-hydrogen) atoms. The number of terminal acetylenes is 1. The zero-order valence-electron chi connectivity index (χ0n) is 12.8. The highest BCUT2D eigenvalue weighted by atomic mass is 16.6. The standard InChI is InChI=1S/C15H26N2O3/c1-6-7-11(17-13(18)20-14(2,3)4)10-16-12-8-15(5,19)9-12/h1,11-12,16,19H,7-10H2,2-5H3,(H,17,18)/t11-,12?,15?/m1/s1. The Morgan fingerprint density at radius 2 is 2.15 bits per heavy atom. The van der Waals surface area contributed by atoms with Crippen molar-refractivity contribution in [2.45, 2.75) is 70.2 Å². The molecule has 0 spiro atoms. The first-order valence-electron chi connectivity index (χ1n) is 7.00. The van der Waals surface area contributed by atoms with Crippen LogP contribution in [0.15, 0.2) is 0 Å². The fourth-order valence-corrected chi connectivity index (χ4v) is 2.25. The van der Waals surface area contributed by atoms with E-state index in [4.69, 9.17) is 11.2 Å². The third kappa shape index (κ3) is 6.27. The number of carbonyl (C=O) groups is 1. The molecule has 0 bridgehead atoms. The molecular formula is C15H26N2O3. The highest BCUT2D eigenvalue weighted by Crippen LogP contribution is 2.31. The first kappa shape index (κ1) is 16.8. The van der Waals surface area contributed by atoms with Crippen LogP contribution < -0.4 is 10.6 Å². The average molecular weight is 282 g/mol. The van der Waals surface area contributed by atoms with Crippen molar-refractivity contribution in [3.05, 3.63) is 0 Å². The number of rotatable bonds is 5. The number of ether oxygens (including phenoxy) is 1. The van der Waals surface area contributed by atoms with E-state index in [9.17, 15) is 9.90 Å². The topological polar surface area (TPSA) is 70.6 Å². The second kappa shape index (κ2) is 6.47. The normalized spacial score (nSPS) is 27.1. The highest BCUT2D eigenvalue weighted by Gasteiger charge is 2.38. The van der Waals surface area contributed by atoms with Crippen molar-refractivity contribution in [2.75, 3.05) is 6.54 Å². The van der Waals surface area contributed by atoms with E-state index in [2.05, 4.69) is 16.6 Å². The van der Waals surface area contributed by atoms with Crippen molar-refractivity contribution in [2.24, 2.45) is 0 Å². The SMILES string of the molecule is C#CC[C@H](CNC1CC(C)(O)C1)NC(=O)OC(C)(C)C. The predicted molar refractivity (Wildman–Crippen MR) is 78.3 cm³/mol. The number of amides is 1. The third-order valence-electron chi connectivity index (χ3n) is 3.11. The van der Waals surface area contributed by atoms with Crippen LogP contribution >= 0.6 is 0 Å². The number of hydrogen-bond donors (Lipinski definition) is 3. The first-order chi connectivity index (χ1) is 9.11. The molecular weight excluding hydrogens is 256 g/mol. The van der Waals surface area contributed by atoms with Crippen LogP contribution in [0.4, 0.5) is 4.79 Å². The maximum absolute atomic E-state index is 11.7. The smallest absolute Gasteiger partial charge is 0.407 e. The molecule has 1 rings (SSSR count). The number of aliphatic hydroxyl groups is 1. The monoisotopic (exact) mass is 282 g/mol. The lowest BCUT2D eigenvalue weighted by Gasteiger charge is -2.42. The maximum Gasteiger partial charge on any atom is 0.407 e. The molecule has 0 radical (unpaired) electrons. The summed E-state index contributed by atoms with van der Waals surface area (Å²) in [5.74, 6) is 2.55. The minimum absolute atomic E-state index is 0.166. The van der Waals surface area contributed by atoms with Gasteiger partial charge < -0.3 is 20.5 Å². The zero-order chi connectivity index (χ0) is 15.4. The largest absolute Gasteiger partial charge is 0.444 e. The second-order valence-corrected chi connectivity index (χ2v) is 6.76. The summed E-state index contributed by atoms with van der Waals surface area (Å²) in [5, 5.41) is 15.7. The van der Waals surface area contributed by atoms with Crippen molar-refractivity contribution in [1.82, 2.24) is 10.6 Å². The van der Waals surface area contributed by atoms with Crippen LogP contribution in [0.25, 0.3) is 0 Å². The van der Waals surface area contributed by atoms with Gasteiger partial charge in [0.2, 0.25) is 0 Å². The fraction of sp³-hybridized carbons (Fsp3) is 0.800. The van der Waals surface area contributed by atoms with Crippen molar-refractivity contribution >= 4 is 6.09 Å². The Morgan fingerprint density at radius 3 is 2.60 bits per heavy atom. The maximum atomic E-state index is 11.7. The minimum atomic E-state index is -0.558. The van der Waals surface area contributed by atoms with E-state index in [0.29, 0.717) is 13.0 Å². The summed E-state index contributed by atoms with van der Waals surface area (Å²) in [7, 11) is 0. The van der Waals surface area contributed by atoms with Gasteiger partial charge in [0.1, 0.15) is 5.60 Å². The van der Waals surface area contributed by atoms with Crippen LogP contribution in [0, 0.1) is 12.3 Å². The number of hydrogen-bond acceptors (Lipinski definition) is 4. The van der Waals surface area contributed by atoms with E-state index in [-0.39, 0.29) is 12.1 Å². The van der Waals surface area contributed by atoms with E-state index in [0.717, 1.165) is 12.8 Å². The second-order valence-electron chi connectivity index (χ2n) is 6.76. The summed E-state index contributed by atoms with van der Waals surface area (Å²) in [5.41, 5.74) is -1.08. The fourth-order valence-electron chi connectivity index (χ4n) is 2.25. The predicted octanol–water partition coefficient (Wildman–Crippen LogP) is 1.41. The molecule has 1 amide bonds. The first-order valence-corrected chi connectivity index (χ1v) is 7.00. The van der Waals surface area contributed by atoms with E-state index in [1.165, 1.54) is 0 Å². The number of alkyl carbamates (subject to hydrolysis) is 1. The Morgan fingerprint density at radius 1 is 1.55 bits per heavy atom. The Hall–Kier alpha value is -1.25. The van der Waals surface area contributed by atoms with Gasteiger partial charge in [-0.25, -0.2) is 4.79 Å². The molecule has 114 valence electrons. The van der Waals surface area contributed by atoms with Crippen molar-refractivity contribution in [3.63, 3.8) is 0 Å². The lowest BCUT2D eigenvalue weighted by molar-refractivity contribution is -0.0393. The van der Waals surface area contributed by atoms with Crippen molar-refractivity contribution in [1.29, 1.82) is 0 Å². The molecule has 0 aromatic carbocycles. The van der Waals surface area contributed by atoms with Gasteiger partial charge in [0.15, 0.2) is 0 Å². The van der Waals surface area contributed by atoms with Crippen LogP contribution in [-0.2, 0) is 4.74 Å². The summed E-state index contributed by atoms with van der Waals surface area (Å²) in [6.07, 6.45) is 6.75. The molecule has 1 saturated carbocycles. The van der Waals surface area contributed by atoms with Crippen LogP contribution in [0.3, 0.4) is 0 Å². The molecule has 3 N–H and O–H groups in total. The van der Waals surface area contributed by atoms with Crippen LogP contribution in [0.2, 0.25) is 0 Å². The average Bonchev–Trinajstić information content (AvgIpc) is 2.20. The molecule has 1 aliphatic rings. The summed E-state index contributed by atoms with van der Waals surface area (Å²) in [6, 6.07) is 0.117. The molecule has 1 fully saturated rings. The van der Waals surface area contributed by atoms with Gasteiger partial charge in [0, 0.05) is 19.0 Å². The molecule has 1 atom stereocenters. The Bertz CT molecular complexity index is 372. The van der Waals surface area contributed by atoms with Crippen LogP contribution in [0.5, 0.6) is 0 Å². The van der Waals surface area contributed by atoms with Gasteiger partial charge in [-0.2, -0.15) is 0 Å². The van der Waals surface area contributed by atoms with Gasteiger partial charge in [-0.05, 0) is 40.5 Å². The molecule has 0 unspecified atom stereocenters. The Kier molecular flexibility index (Phi) is 5.43. The molecule has 5 heteroatoms. The zero-order valence-corrected chi connectivity index (χ0v) is 12.8. The summed E-state index contributed by atoms with van der Waals surface area (Å²) < 4.78 is 5.21. The molecule has 0 saturated heterocycles. The van der Waals surface area contributed by atoms with E-state index < -0.39 is 17.3 Å². The lowest BCUT2D eigenvalue weighted by atomic mass is 9.77. The lowest BCUT2D eigenvalue weighted by Crippen LogP contribution is -2.55. The van der Waals surface area contributed by atoms with E-state index in [1.807, 2.05) is 27.7 Å². The molecule has 0 aromatic heterocycles. The molecule has 0 heterocycles. The van der Waals surface area contributed by atoms with Gasteiger partial charge in [0.25, 0.3) is 0 Å². The van der Waals surface area contributed by atoms with Crippen LogP contribution in [0.1, 0.15) is 47.0 Å². The summed E-state index contributed by atoms with van der Waals surface area (Å²) >= 11 is 0. The van der Waals surface area contributed by atoms with Crippen molar-refractivity contribution < 1.29 is 14.6 Å². The quantitative estimate of drug-likeness (QED) is 0.667. The summed E-state index contributed by atoms with van der Waals surface area (Å²) in [6.45, 7) is 7.85. The highest BCUT2D eigenvalue weighted by molar-refractivity contribution is 5.68. The molecule has 1 aliphatic carbocycles. The van der Waals surface area contributed by atoms with Gasteiger partial charge in [-0.15, -0.1) is 12.3 Å². The molecule has 0 aromatic rings. The molecule has 5 nitrogen and oxygen atoms in total. The van der Waals surface area contributed by atoms with E-state index in [1.54, 1.807) is 0 Å². The van der Waals surface area contributed by atoms with Gasteiger partial charge in [-0.1, -0.05) is 0 Å². The van der Waals surface area contributed by atoms with E-state index >= 15 is 0 Å². The van der Waals surface area contributed by atoms with Crippen molar-refractivity contribution in [3.8, 4) is 12.3 Å². The van der Waals surface area contributed by atoms with Crippen LogP contribution in [-0.4, -0.2) is 41.0 Å².